The minimum Gasteiger partial charge on any atom is -0.491 e. The van der Waals surface area contributed by atoms with Crippen molar-refractivity contribution in [1.29, 1.82) is 0 Å². The lowest BCUT2D eigenvalue weighted by Gasteiger charge is -2.10. The van der Waals surface area contributed by atoms with E-state index in [0.29, 0.717) is 12.1 Å². The zero-order valence-corrected chi connectivity index (χ0v) is 9.40. The topological polar surface area (TPSA) is 41.8 Å². The molecule has 0 amide bonds. The van der Waals surface area contributed by atoms with Crippen molar-refractivity contribution in [3.63, 3.8) is 0 Å². The Bertz CT molecular complexity index is 328. The minimum absolute atomic E-state index is 0.174. The van der Waals surface area contributed by atoms with Gasteiger partial charge in [-0.1, -0.05) is 12.1 Å². The number of hydrogen-bond acceptors (Lipinski definition) is 3. The molecule has 3 heteroatoms. The predicted octanol–water partition coefficient (Wildman–Crippen LogP) is 3.06. The SMILES string of the molecule is CC/C(=N\O)c1ccc(OC(C)C)cc1. The summed E-state index contributed by atoms with van der Waals surface area (Å²) in [6.07, 6.45) is 0.883. The zero-order chi connectivity index (χ0) is 11.3. The molecule has 1 aromatic rings. The average Bonchev–Trinajstić information content (AvgIpc) is 2.21. The molecule has 0 radical (unpaired) electrons. The summed E-state index contributed by atoms with van der Waals surface area (Å²) in [6.45, 7) is 5.93. The molecule has 0 fully saturated rings. The highest BCUT2D eigenvalue weighted by molar-refractivity contribution is 6.00. The van der Waals surface area contributed by atoms with Crippen LogP contribution in [0.15, 0.2) is 29.4 Å². The highest BCUT2D eigenvalue weighted by Gasteiger charge is 2.02. The van der Waals surface area contributed by atoms with Crippen molar-refractivity contribution in [3.8, 4) is 5.75 Å². The van der Waals surface area contributed by atoms with E-state index in [1.54, 1.807) is 0 Å². The number of rotatable bonds is 4. The van der Waals surface area contributed by atoms with Gasteiger partial charge in [0.25, 0.3) is 0 Å². The normalized spacial score (nSPS) is 11.9. The first-order valence-corrected chi connectivity index (χ1v) is 5.15. The maximum Gasteiger partial charge on any atom is 0.119 e. The van der Waals surface area contributed by atoms with Crippen LogP contribution in [0, 0.1) is 0 Å². The molecule has 0 saturated carbocycles. The molecule has 0 aliphatic rings. The van der Waals surface area contributed by atoms with Crippen LogP contribution in [0.2, 0.25) is 0 Å². The summed E-state index contributed by atoms with van der Waals surface area (Å²) in [6, 6.07) is 7.57. The van der Waals surface area contributed by atoms with Crippen LogP contribution in [0.4, 0.5) is 0 Å². The second kappa shape index (κ2) is 5.39. The molecule has 1 aromatic carbocycles. The van der Waals surface area contributed by atoms with Gasteiger partial charge in [0, 0.05) is 0 Å². The van der Waals surface area contributed by atoms with E-state index in [0.717, 1.165) is 11.3 Å². The largest absolute Gasteiger partial charge is 0.491 e. The number of oxime groups is 1. The maximum absolute atomic E-state index is 8.75. The fourth-order valence-electron chi connectivity index (χ4n) is 1.33. The molecular weight excluding hydrogens is 190 g/mol. The first kappa shape index (κ1) is 11.6. The van der Waals surface area contributed by atoms with E-state index < -0.39 is 0 Å². The molecule has 0 aliphatic carbocycles. The number of hydrogen-bond donors (Lipinski definition) is 1. The molecule has 0 unspecified atom stereocenters. The third-order valence-corrected chi connectivity index (χ3v) is 2.01. The van der Waals surface area contributed by atoms with Gasteiger partial charge in [-0.2, -0.15) is 0 Å². The Morgan fingerprint density at radius 2 is 1.93 bits per heavy atom. The standard InChI is InChI=1S/C12H17NO2/c1-4-12(13-14)10-5-7-11(8-6-10)15-9(2)3/h5-9,14H,4H2,1-3H3/b13-12+. The van der Waals surface area contributed by atoms with Gasteiger partial charge in [0.1, 0.15) is 5.75 Å². The zero-order valence-electron chi connectivity index (χ0n) is 9.40. The maximum atomic E-state index is 8.75. The Hall–Kier alpha value is -1.51. The van der Waals surface area contributed by atoms with Gasteiger partial charge in [0.2, 0.25) is 0 Å². The Morgan fingerprint density at radius 1 is 1.33 bits per heavy atom. The fourth-order valence-corrected chi connectivity index (χ4v) is 1.33. The molecule has 3 nitrogen and oxygen atoms in total. The van der Waals surface area contributed by atoms with Crippen LogP contribution in [0.3, 0.4) is 0 Å². The molecule has 0 bridgehead atoms. The Kier molecular flexibility index (Phi) is 4.16. The average molecular weight is 207 g/mol. The monoisotopic (exact) mass is 207 g/mol. The van der Waals surface area contributed by atoms with Crippen molar-refractivity contribution in [2.45, 2.75) is 33.3 Å². The summed E-state index contributed by atoms with van der Waals surface area (Å²) in [5, 5.41) is 12.0. The number of nitrogens with zero attached hydrogens (tertiary/aromatic N) is 1. The van der Waals surface area contributed by atoms with Crippen LogP contribution in [-0.4, -0.2) is 17.0 Å². The van der Waals surface area contributed by atoms with E-state index in [1.807, 2.05) is 45.0 Å². The summed E-state index contributed by atoms with van der Waals surface area (Å²) in [7, 11) is 0. The molecule has 0 atom stereocenters. The van der Waals surface area contributed by atoms with Gasteiger partial charge in [0.15, 0.2) is 0 Å². The van der Waals surface area contributed by atoms with Crippen LogP contribution in [0.5, 0.6) is 5.75 Å². The minimum atomic E-state index is 0.174. The molecule has 0 aliphatic heterocycles. The molecule has 15 heavy (non-hydrogen) atoms. The summed E-state index contributed by atoms with van der Waals surface area (Å²) >= 11 is 0. The summed E-state index contributed by atoms with van der Waals surface area (Å²) in [5.41, 5.74) is 1.61. The Morgan fingerprint density at radius 3 is 2.33 bits per heavy atom. The molecular formula is C12H17NO2. The van der Waals surface area contributed by atoms with Crippen LogP contribution < -0.4 is 4.74 Å². The Labute approximate surface area is 90.4 Å². The fraction of sp³-hybridized carbons (Fsp3) is 0.417. The lowest BCUT2D eigenvalue weighted by atomic mass is 10.1. The van der Waals surface area contributed by atoms with Crippen molar-refractivity contribution < 1.29 is 9.94 Å². The van der Waals surface area contributed by atoms with E-state index in [1.165, 1.54) is 0 Å². The van der Waals surface area contributed by atoms with Gasteiger partial charge in [-0.25, -0.2) is 0 Å². The summed E-state index contributed by atoms with van der Waals surface area (Å²) in [4.78, 5) is 0. The van der Waals surface area contributed by atoms with E-state index in [-0.39, 0.29) is 6.10 Å². The van der Waals surface area contributed by atoms with Gasteiger partial charge in [-0.15, -0.1) is 0 Å². The molecule has 1 N–H and O–H groups in total. The van der Waals surface area contributed by atoms with Crippen LogP contribution >= 0.6 is 0 Å². The van der Waals surface area contributed by atoms with Crippen LogP contribution in [0.25, 0.3) is 0 Å². The van der Waals surface area contributed by atoms with Gasteiger partial charge in [-0.05, 0) is 50.1 Å². The first-order valence-electron chi connectivity index (χ1n) is 5.15. The number of ether oxygens (including phenoxy) is 1. The highest BCUT2D eigenvalue weighted by Crippen LogP contribution is 2.15. The van der Waals surface area contributed by atoms with Crippen molar-refractivity contribution in [3.05, 3.63) is 29.8 Å². The second-order valence-electron chi connectivity index (χ2n) is 3.59. The van der Waals surface area contributed by atoms with Crippen LogP contribution in [0.1, 0.15) is 32.8 Å². The summed E-state index contributed by atoms with van der Waals surface area (Å²) in [5.74, 6) is 0.835. The van der Waals surface area contributed by atoms with Gasteiger partial charge in [0.05, 0.1) is 11.8 Å². The van der Waals surface area contributed by atoms with Gasteiger partial charge in [-0.3, -0.25) is 0 Å². The molecule has 82 valence electrons. The molecule has 0 spiro atoms. The lowest BCUT2D eigenvalue weighted by molar-refractivity contribution is 0.242. The smallest absolute Gasteiger partial charge is 0.119 e. The summed E-state index contributed by atoms with van der Waals surface area (Å²) < 4.78 is 5.51. The third-order valence-electron chi connectivity index (χ3n) is 2.01. The number of benzene rings is 1. The predicted molar refractivity (Wildman–Crippen MR) is 60.8 cm³/mol. The Balaban J connectivity index is 2.80. The van der Waals surface area contributed by atoms with Gasteiger partial charge < -0.3 is 9.94 Å². The third kappa shape index (κ3) is 3.27. The van der Waals surface area contributed by atoms with E-state index >= 15 is 0 Å². The lowest BCUT2D eigenvalue weighted by Crippen LogP contribution is -2.06. The van der Waals surface area contributed by atoms with E-state index in [9.17, 15) is 0 Å². The van der Waals surface area contributed by atoms with Gasteiger partial charge >= 0.3 is 0 Å². The highest BCUT2D eigenvalue weighted by atomic mass is 16.5. The first-order chi connectivity index (χ1) is 7.17. The second-order valence-corrected chi connectivity index (χ2v) is 3.59. The van der Waals surface area contributed by atoms with Crippen molar-refractivity contribution in [2.75, 3.05) is 0 Å². The quantitative estimate of drug-likeness (QED) is 0.468. The van der Waals surface area contributed by atoms with Crippen molar-refractivity contribution in [1.82, 2.24) is 0 Å². The molecule has 1 rings (SSSR count). The van der Waals surface area contributed by atoms with Crippen molar-refractivity contribution >= 4 is 5.71 Å². The van der Waals surface area contributed by atoms with E-state index in [4.69, 9.17) is 9.94 Å². The molecule has 0 aromatic heterocycles. The van der Waals surface area contributed by atoms with Crippen LogP contribution in [-0.2, 0) is 0 Å². The van der Waals surface area contributed by atoms with E-state index in [2.05, 4.69) is 5.16 Å². The molecule has 0 saturated heterocycles. The van der Waals surface area contributed by atoms with Crippen molar-refractivity contribution in [2.24, 2.45) is 5.16 Å². The molecule has 0 heterocycles.